The molecule has 0 aliphatic carbocycles. The van der Waals surface area contributed by atoms with Crippen molar-refractivity contribution in [2.24, 2.45) is 0 Å². The first-order valence-electron chi connectivity index (χ1n) is 10.8. The molecular weight excluding hydrogens is 404 g/mol. The number of rotatable bonds is 7. The third kappa shape index (κ3) is 5.64. The van der Waals surface area contributed by atoms with Gasteiger partial charge in [0.05, 0.1) is 5.56 Å². The van der Waals surface area contributed by atoms with Gasteiger partial charge in [0.2, 0.25) is 16.6 Å². The van der Waals surface area contributed by atoms with Crippen LogP contribution in [0.25, 0.3) is 0 Å². The van der Waals surface area contributed by atoms with Crippen molar-refractivity contribution in [3.63, 3.8) is 0 Å². The van der Waals surface area contributed by atoms with E-state index >= 15 is 0 Å². The van der Waals surface area contributed by atoms with Crippen LogP contribution in [0.5, 0.6) is 5.75 Å². The van der Waals surface area contributed by atoms with E-state index in [1.54, 1.807) is 0 Å². The second-order valence-corrected chi connectivity index (χ2v) is 20.5. The molecule has 0 unspecified atom stereocenters. The van der Waals surface area contributed by atoms with Crippen LogP contribution in [-0.4, -0.2) is 16.6 Å². The molecule has 0 fully saturated rings. The zero-order valence-corrected chi connectivity index (χ0v) is 22.5. The minimum absolute atomic E-state index is 0.00384. The summed E-state index contributed by atoms with van der Waals surface area (Å²) in [7, 11) is -4.53. The van der Waals surface area contributed by atoms with Crippen LogP contribution in [0.15, 0.2) is 60.7 Å². The van der Waals surface area contributed by atoms with Gasteiger partial charge in [-0.25, -0.2) is 0 Å². The zero-order chi connectivity index (χ0) is 22.8. The van der Waals surface area contributed by atoms with Gasteiger partial charge < -0.3 is 13.6 Å². The molecule has 0 spiro atoms. The topological polar surface area (TPSA) is 27.7 Å². The van der Waals surface area contributed by atoms with E-state index < -0.39 is 22.6 Å². The van der Waals surface area contributed by atoms with Crippen LogP contribution in [0.3, 0.4) is 0 Å². The summed E-state index contributed by atoms with van der Waals surface area (Å²) >= 11 is 0. The molecule has 0 radical (unpaired) electrons. The molecular formula is C25H40O3Si2. The lowest BCUT2D eigenvalue weighted by atomic mass is 10.2. The lowest BCUT2D eigenvalue weighted by molar-refractivity contribution is -0.279. The van der Waals surface area contributed by atoms with Gasteiger partial charge in [-0.15, -0.1) is 0 Å². The predicted octanol–water partition coefficient (Wildman–Crippen LogP) is 7.92. The molecule has 166 valence electrons. The smallest absolute Gasteiger partial charge is 0.337 e. The van der Waals surface area contributed by atoms with Crippen LogP contribution in [-0.2, 0) is 14.8 Å². The highest BCUT2D eigenvalue weighted by Crippen LogP contribution is 2.47. The summed E-state index contributed by atoms with van der Waals surface area (Å²) in [5.41, 5.74) is 0.892. The SMILES string of the molecule is CC(C)(C)[Si](C)(C)OC(Oc1ccccc1)(O[Si](C)(C)C(C)(C)C)c1ccccc1. The fourth-order valence-electron chi connectivity index (χ4n) is 2.50. The molecule has 5 heteroatoms. The van der Waals surface area contributed by atoms with E-state index in [0.717, 1.165) is 11.3 Å². The molecule has 0 bridgehead atoms. The van der Waals surface area contributed by atoms with Gasteiger partial charge in [0, 0.05) is 0 Å². The van der Waals surface area contributed by atoms with E-state index in [-0.39, 0.29) is 10.1 Å². The van der Waals surface area contributed by atoms with Gasteiger partial charge >= 0.3 is 5.97 Å². The summed E-state index contributed by atoms with van der Waals surface area (Å²) < 4.78 is 20.8. The molecule has 30 heavy (non-hydrogen) atoms. The van der Waals surface area contributed by atoms with Crippen molar-refractivity contribution in [2.75, 3.05) is 0 Å². The maximum atomic E-state index is 7.04. The van der Waals surface area contributed by atoms with E-state index in [0.29, 0.717) is 0 Å². The second-order valence-electron chi connectivity index (χ2n) is 11.1. The fourth-order valence-corrected chi connectivity index (χ4v) is 4.94. The number of benzene rings is 2. The van der Waals surface area contributed by atoms with Gasteiger partial charge in [-0.3, -0.25) is 0 Å². The average Bonchev–Trinajstić information content (AvgIpc) is 2.60. The van der Waals surface area contributed by atoms with E-state index in [2.05, 4.69) is 67.7 Å². The molecule has 0 aliphatic heterocycles. The van der Waals surface area contributed by atoms with Crippen LogP contribution in [0.2, 0.25) is 36.3 Å². The Labute approximate surface area is 186 Å². The number of hydrogen-bond donors (Lipinski definition) is 0. The highest BCUT2D eigenvalue weighted by Gasteiger charge is 2.53. The molecule has 0 saturated heterocycles. The Morgan fingerprint density at radius 2 is 0.933 bits per heavy atom. The molecule has 0 aliphatic rings. The summed E-state index contributed by atoms with van der Waals surface area (Å²) in [5.74, 6) is -0.562. The second kappa shape index (κ2) is 8.62. The van der Waals surface area contributed by atoms with Crippen LogP contribution in [0.1, 0.15) is 47.1 Å². The van der Waals surface area contributed by atoms with E-state index in [1.807, 2.05) is 60.7 Å². The molecule has 0 heterocycles. The highest BCUT2D eigenvalue weighted by atomic mass is 28.4. The summed E-state index contributed by atoms with van der Waals surface area (Å²) in [6.07, 6.45) is 0. The Kier molecular flexibility index (Phi) is 7.14. The summed E-state index contributed by atoms with van der Waals surface area (Å²) in [5, 5.41) is 0.00768. The quantitative estimate of drug-likeness (QED) is 0.320. The molecule has 0 amide bonds. The molecule has 0 aromatic heterocycles. The molecule has 2 rings (SSSR count). The largest absolute Gasteiger partial charge is 0.437 e. The van der Waals surface area contributed by atoms with Crippen molar-refractivity contribution in [3.05, 3.63) is 66.2 Å². The van der Waals surface area contributed by atoms with E-state index in [9.17, 15) is 0 Å². The van der Waals surface area contributed by atoms with Crippen molar-refractivity contribution >= 4 is 16.6 Å². The Hall–Kier alpha value is -1.41. The lowest BCUT2D eigenvalue weighted by Crippen LogP contribution is -2.57. The number of hydrogen-bond acceptors (Lipinski definition) is 3. The number of ether oxygens (including phenoxy) is 1. The average molecular weight is 445 g/mol. The van der Waals surface area contributed by atoms with Gasteiger partial charge in [-0.2, -0.15) is 0 Å². The van der Waals surface area contributed by atoms with Crippen molar-refractivity contribution in [2.45, 2.75) is 83.8 Å². The summed E-state index contributed by atoms with van der Waals surface area (Å²) in [6.45, 7) is 22.4. The minimum Gasteiger partial charge on any atom is -0.437 e. The van der Waals surface area contributed by atoms with Crippen LogP contribution >= 0.6 is 0 Å². The molecule has 2 aromatic rings. The van der Waals surface area contributed by atoms with Gasteiger partial charge in [-0.1, -0.05) is 77.9 Å². The van der Waals surface area contributed by atoms with Crippen molar-refractivity contribution in [1.29, 1.82) is 0 Å². The van der Waals surface area contributed by atoms with E-state index in [1.165, 1.54) is 0 Å². The maximum absolute atomic E-state index is 7.04. The molecule has 0 N–H and O–H groups in total. The molecule has 2 aromatic carbocycles. The Balaban J connectivity index is 2.70. The van der Waals surface area contributed by atoms with Gasteiger partial charge in [0.1, 0.15) is 5.75 Å². The van der Waals surface area contributed by atoms with Crippen molar-refractivity contribution in [1.82, 2.24) is 0 Å². The minimum atomic E-state index is -2.26. The Morgan fingerprint density at radius 1 is 0.567 bits per heavy atom. The molecule has 0 atom stereocenters. The standard InChI is InChI=1S/C25H40O3Si2/c1-23(2,3)29(7,8)27-25(21-17-13-11-14-18-21,26-22-19-15-12-16-20-22)28-30(9,10)24(4,5)6/h11-20H,1-10H3. The third-order valence-electron chi connectivity index (χ3n) is 6.51. The normalized spacial score (nSPS) is 13.9. The van der Waals surface area contributed by atoms with Gasteiger partial charge in [0.25, 0.3) is 0 Å². The lowest BCUT2D eigenvalue weighted by Gasteiger charge is -2.49. The van der Waals surface area contributed by atoms with Crippen LogP contribution in [0.4, 0.5) is 0 Å². The maximum Gasteiger partial charge on any atom is 0.337 e. The van der Waals surface area contributed by atoms with Crippen molar-refractivity contribution in [3.8, 4) is 5.75 Å². The highest BCUT2D eigenvalue weighted by molar-refractivity contribution is 6.75. The number of para-hydroxylation sites is 1. The molecule has 0 saturated carbocycles. The van der Waals surface area contributed by atoms with Crippen LogP contribution < -0.4 is 4.74 Å². The zero-order valence-electron chi connectivity index (χ0n) is 20.5. The first-order chi connectivity index (χ1) is 13.6. The Morgan fingerprint density at radius 3 is 1.30 bits per heavy atom. The van der Waals surface area contributed by atoms with E-state index in [4.69, 9.17) is 13.6 Å². The fraction of sp³-hybridized carbons (Fsp3) is 0.520. The first-order valence-corrected chi connectivity index (χ1v) is 16.6. The van der Waals surface area contributed by atoms with Gasteiger partial charge in [0.15, 0.2) is 0 Å². The summed E-state index contributed by atoms with van der Waals surface area (Å²) in [4.78, 5) is 0. The third-order valence-corrected chi connectivity index (χ3v) is 15.3. The predicted molar refractivity (Wildman–Crippen MR) is 132 cm³/mol. The van der Waals surface area contributed by atoms with Crippen molar-refractivity contribution < 1.29 is 13.6 Å². The first kappa shape index (κ1) is 24.9. The molecule has 3 nitrogen and oxygen atoms in total. The van der Waals surface area contributed by atoms with Crippen LogP contribution in [0, 0.1) is 0 Å². The Bertz CT molecular complexity index is 776. The monoisotopic (exact) mass is 444 g/mol. The van der Waals surface area contributed by atoms with Gasteiger partial charge in [-0.05, 0) is 60.5 Å². The summed E-state index contributed by atoms with van der Waals surface area (Å²) in [6, 6.07) is 20.0.